The molecule has 1 aromatic rings. The second-order valence-electron chi connectivity index (χ2n) is 3.27. The van der Waals surface area contributed by atoms with Crippen LogP contribution in [0.3, 0.4) is 0 Å². The molecule has 1 heterocycles. The van der Waals surface area contributed by atoms with Crippen LogP contribution in [0.1, 0.15) is 5.56 Å². The second-order valence-corrected chi connectivity index (χ2v) is 4.43. The number of hydrogen-bond donors (Lipinski definition) is 4. The van der Waals surface area contributed by atoms with Gasteiger partial charge in [-0.15, -0.1) is 0 Å². The standard InChI is InChI=1S/C8H10NO5P/c10-8(14-15(11,12)13)5-9-7-4-2-1-3-6(7)8/h1-4,9-10H,5H2,(H2,11,12,13). The van der Waals surface area contributed by atoms with E-state index in [1.54, 1.807) is 24.3 Å². The summed E-state index contributed by atoms with van der Waals surface area (Å²) in [7, 11) is -4.73. The van der Waals surface area contributed by atoms with Gasteiger partial charge in [-0.25, -0.2) is 9.09 Å². The van der Waals surface area contributed by atoms with Crippen molar-refractivity contribution in [3.63, 3.8) is 0 Å². The Kier molecular flexibility index (Phi) is 2.33. The van der Waals surface area contributed by atoms with Gasteiger partial charge in [0, 0.05) is 11.3 Å². The second kappa shape index (κ2) is 3.30. The molecule has 2 rings (SSSR count). The molecule has 1 aromatic carbocycles. The maximum atomic E-state index is 10.7. The number of benzene rings is 1. The topological polar surface area (TPSA) is 99.0 Å². The first-order chi connectivity index (χ1) is 6.91. The van der Waals surface area contributed by atoms with Crippen molar-refractivity contribution in [3.8, 4) is 0 Å². The first-order valence-corrected chi connectivity index (χ1v) is 5.76. The van der Waals surface area contributed by atoms with E-state index in [4.69, 9.17) is 9.79 Å². The third-order valence-corrected chi connectivity index (χ3v) is 2.68. The lowest BCUT2D eigenvalue weighted by Gasteiger charge is -2.22. The fourth-order valence-corrected chi connectivity index (χ4v) is 2.12. The Bertz CT molecular complexity index is 431. The zero-order chi connectivity index (χ0) is 11.1. The Hall–Kier alpha value is -0.910. The molecule has 0 aromatic heterocycles. The van der Waals surface area contributed by atoms with Crippen molar-refractivity contribution in [2.24, 2.45) is 0 Å². The first-order valence-electron chi connectivity index (χ1n) is 4.23. The maximum Gasteiger partial charge on any atom is 0.472 e. The highest BCUT2D eigenvalue weighted by Gasteiger charge is 2.43. The van der Waals surface area contributed by atoms with Crippen molar-refractivity contribution >= 4 is 13.5 Å². The highest BCUT2D eigenvalue weighted by molar-refractivity contribution is 7.46. The zero-order valence-corrected chi connectivity index (χ0v) is 8.52. The Labute approximate surface area is 85.8 Å². The summed E-state index contributed by atoms with van der Waals surface area (Å²) < 4.78 is 15.1. The minimum Gasteiger partial charge on any atom is -0.379 e. The zero-order valence-electron chi connectivity index (χ0n) is 7.62. The minimum atomic E-state index is -4.73. The van der Waals surface area contributed by atoms with Gasteiger partial charge in [-0.2, -0.15) is 0 Å². The number of fused-ring (bicyclic) bond motifs is 1. The van der Waals surface area contributed by atoms with E-state index in [0.717, 1.165) is 0 Å². The van der Waals surface area contributed by atoms with E-state index in [-0.39, 0.29) is 6.54 Å². The molecule has 0 radical (unpaired) electrons. The minimum absolute atomic E-state index is 0.0859. The Morgan fingerprint density at radius 3 is 2.73 bits per heavy atom. The van der Waals surface area contributed by atoms with Gasteiger partial charge in [-0.1, -0.05) is 18.2 Å². The van der Waals surface area contributed by atoms with Crippen LogP contribution in [0.5, 0.6) is 0 Å². The normalized spacial score (nSPS) is 24.7. The predicted octanol–water partition coefficient (Wildman–Crippen LogP) is 0.366. The summed E-state index contributed by atoms with van der Waals surface area (Å²) in [5.74, 6) is -1.96. The Balaban J connectivity index is 2.37. The lowest BCUT2D eigenvalue weighted by atomic mass is 10.1. The molecule has 1 atom stereocenters. The van der Waals surface area contributed by atoms with Crippen LogP contribution in [0, 0.1) is 0 Å². The molecule has 82 valence electrons. The van der Waals surface area contributed by atoms with Crippen molar-refractivity contribution in [1.29, 1.82) is 0 Å². The number of phosphoric acid groups is 1. The van der Waals surface area contributed by atoms with Crippen LogP contribution < -0.4 is 5.32 Å². The van der Waals surface area contributed by atoms with E-state index >= 15 is 0 Å². The van der Waals surface area contributed by atoms with Gasteiger partial charge in [0.05, 0.1) is 6.54 Å². The highest BCUT2D eigenvalue weighted by Crippen LogP contribution is 2.47. The molecule has 1 aliphatic rings. The Morgan fingerprint density at radius 1 is 1.40 bits per heavy atom. The van der Waals surface area contributed by atoms with E-state index in [1.807, 2.05) is 0 Å². The average Bonchev–Trinajstić information content (AvgIpc) is 2.42. The van der Waals surface area contributed by atoms with Gasteiger partial charge in [-0.3, -0.25) is 0 Å². The van der Waals surface area contributed by atoms with Gasteiger partial charge in [-0.05, 0) is 6.07 Å². The largest absolute Gasteiger partial charge is 0.472 e. The summed E-state index contributed by atoms with van der Waals surface area (Å²) in [6.07, 6.45) is 0. The van der Waals surface area contributed by atoms with Gasteiger partial charge in [0.2, 0.25) is 5.79 Å². The van der Waals surface area contributed by atoms with E-state index in [2.05, 4.69) is 9.84 Å². The molecule has 15 heavy (non-hydrogen) atoms. The van der Waals surface area contributed by atoms with E-state index in [9.17, 15) is 9.67 Å². The van der Waals surface area contributed by atoms with Crippen LogP contribution in [0.15, 0.2) is 24.3 Å². The fraction of sp³-hybridized carbons (Fsp3) is 0.250. The SMILES string of the molecule is O=P(O)(O)OC1(O)CNc2ccccc21. The number of rotatable bonds is 2. The molecule has 4 N–H and O–H groups in total. The lowest BCUT2D eigenvalue weighted by molar-refractivity contribution is -0.140. The van der Waals surface area contributed by atoms with Crippen LogP contribution in [-0.2, 0) is 14.9 Å². The third-order valence-electron chi connectivity index (χ3n) is 2.14. The maximum absolute atomic E-state index is 10.7. The number of nitrogens with one attached hydrogen (secondary N) is 1. The summed E-state index contributed by atoms with van der Waals surface area (Å²) in [6.45, 7) is -0.0859. The van der Waals surface area contributed by atoms with Crippen LogP contribution in [0.4, 0.5) is 5.69 Å². The molecular formula is C8H10NO5P. The smallest absolute Gasteiger partial charge is 0.379 e. The van der Waals surface area contributed by atoms with Crippen LogP contribution >= 0.6 is 7.82 Å². The predicted molar refractivity (Wildman–Crippen MR) is 52.0 cm³/mol. The van der Waals surface area contributed by atoms with Crippen molar-refractivity contribution in [3.05, 3.63) is 29.8 Å². The molecule has 0 aliphatic carbocycles. The van der Waals surface area contributed by atoms with E-state index in [1.165, 1.54) is 0 Å². The summed E-state index contributed by atoms with van der Waals surface area (Å²) in [5.41, 5.74) is 0.932. The Morgan fingerprint density at radius 2 is 2.07 bits per heavy atom. The van der Waals surface area contributed by atoms with Crippen LogP contribution in [0.2, 0.25) is 0 Å². The number of β-amino-alcohol motifs (C(OH)–C–C–N with tert-alkyl or cyclic N) is 1. The molecule has 1 aliphatic heterocycles. The number of para-hydroxylation sites is 1. The number of aliphatic hydroxyl groups is 1. The number of anilines is 1. The summed E-state index contributed by atoms with van der Waals surface area (Å²) in [5, 5.41) is 12.7. The fourth-order valence-electron chi connectivity index (χ4n) is 1.57. The van der Waals surface area contributed by atoms with Gasteiger partial charge in [0.25, 0.3) is 0 Å². The van der Waals surface area contributed by atoms with Crippen molar-refractivity contribution in [2.75, 3.05) is 11.9 Å². The molecule has 6 nitrogen and oxygen atoms in total. The molecule has 0 bridgehead atoms. The molecule has 1 unspecified atom stereocenters. The van der Waals surface area contributed by atoms with Crippen LogP contribution in [-0.4, -0.2) is 21.4 Å². The monoisotopic (exact) mass is 231 g/mol. The van der Waals surface area contributed by atoms with Crippen molar-refractivity contribution < 1.29 is 24.0 Å². The van der Waals surface area contributed by atoms with Gasteiger partial charge >= 0.3 is 7.82 Å². The highest BCUT2D eigenvalue weighted by atomic mass is 31.2. The quantitative estimate of drug-likeness (QED) is 0.433. The van der Waals surface area contributed by atoms with Gasteiger partial charge < -0.3 is 20.2 Å². The molecule has 0 fully saturated rings. The summed E-state index contributed by atoms with van der Waals surface area (Å²) >= 11 is 0. The molecule has 7 heteroatoms. The lowest BCUT2D eigenvalue weighted by Crippen LogP contribution is -2.30. The number of phosphoric ester groups is 1. The molecule has 0 saturated carbocycles. The summed E-state index contributed by atoms with van der Waals surface area (Å²) in [4.78, 5) is 17.3. The third kappa shape index (κ3) is 2.04. The first kappa shape index (κ1) is 10.6. The van der Waals surface area contributed by atoms with Crippen LogP contribution in [0.25, 0.3) is 0 Å². The molecule has 0 amide bonds. The van der Waals surface area contributed by atoms with Crippen molar-refractivity contribution in [2.45, 2.75) is 5.79 Å². The van der Waals surface area contributed by atoms with Gasteiger partial charge in [0.1, 0.15) is 0 Å². The van der Waals surface area contributed by atoms with E-state index in [0.29, 0.717) is 11.3 Å². The summed E-state index contributed by atoms with van der Waals surface area (Å²) in [6, 6.07) is 6.64. The average molecular weight is 231 g/mol. The van der Waals surface area contributed by atoms with E-state index < -0.39 is 13.6 Å². The number of hydrogen-bond acceptors (Lipinski definition) is 4. The molecule has 0 spiro atoms. The van der Waals surface area contributed by atoms with Crippen molar-refractivity contribution in [1.82, 2.24) is 0 Å². The van der Waals surface area contributed by atoms with Gasteiger partial charge in [0.15, 0.2) is 0 Å². The molecular weight excluding hydrogens is 221 g/mol. The molecule has 0 saturated heterocycles.